The Hall–Kier alpha value is -2.32. The van der Waals surface area contributed by atoms with Crippen molar-refractivity contribution in [2.75, 3.05) is 6.54 Å². The van der Waals surface area contributed by atoms with E-state index in [1.807, 2.05) is 0 Å². The molecule has 0 spiro atoms. The van der Waals surface area contributed by atoms with Crippen LogP contribution in [0, 0.1) is 17.8 Å². The summed E-state index contributed by atoms with van der Waals surface area (Å²) in [4.78, 5) is 16.7. The van der Waals surface area contributed by atoms with E-state index in [0.29, 0.717) is 23.2 Å². The predicted molar refractivity (Wildman–Crippen MR) is 82.3 cm³/mol. The number of nitrogens with one attached hydrogen (secondary N) is 2. The molecule has 2 fully saturated rings. The lowest BCUT2D eigenvalue weighted by Gasteiger charge is -2.23. The molecule has 0 aromatic carbocycles. The second-order valence-corrected chi connectivity index (χ2v) is 6.02. The van der Waals surface area contributed by atoms with Crippen LogP contribution in [0.2, 0.25) is 0 Å². The molecule has 1 saturated heterocycles. The molecule has 22 heavy (non-hydrogen) atoms. The van der Waals surface area contributed by atoms with Crippen LogP contribution >= 0.6 is 0 Å². The van der Waals surface area contributed by atoms with Gasteiger partial charge in [0.1, 0.15) is 12.0 Å². The highest BCUT2D eigenvalue weighted by atomic mass is 16.3. The zero-order valence-electron chi connectivity index (χ0n) is 12.3. The van der Waals surface area contributed by atoms with E-state index in [2.05, 4.69) is 27.5 Å². The van der Waals surface area contributed by atoms with Crippen LogP contribution in [0.15, 0.2) is 22.9 Å². The number of piperidine rings is 1. The minimum absolute atomic E-state index is 0.127. The first-order chi connectivity index (χ1) is 10.7. The van der Waals surface area contributed by atoms with E-state index in [9.17, 15) is 4.79 Å². The number of nitrogens with zero attached hydrogens (tertiary/aromatic N) is 1. The summed E-state index contributed by atoms with van der Waals surface area (Å²) in [6, 6.07) is 2.38. The van der Waals surface area contributed by atoms with Gasteiger partial charge in [-0.15, -0.1) is 5.92 Å². The Bertz CT molecular complexity index is 799. The van der Waals surface area contributed by atoms with E-state index in [0.717, 1.165) is 30.3 Å². The highest BCUT2D eigenvalue weighted by molar-refractivity contribution is 5.97. The fraction of sp³-hybridized carbons (Fsp3) is 0.412. The third-order valence-electron chi connectivity index (χ3n) is 4.60. The van der Waals surface area contributed by atoms with Gasteiger partial charge in [-0.25, -0.2) is 4.98 Å². The van der Waals surface area contributed by atoms with Gasteiger partial charge in [0.15, 0.2) is 5.58 Å². The third-order valence-corrected chi connectivity index (χ3v) is 4.60. The van der Waals surface area contributed by atoms with Crippen LogP contribution in [0.25, 0.3) is 11.0 Å². The van der Waals surface area contributed by atoms with Crippen LogP contribution in [0.5, 0.6) is 0 Å². The van der Waals surface area contributed by atoms with Crippen LogP contribution in [-0.2, 0) is 0 Å². The van der Waals surface area contributed by atoms with Gasteiger partial charge in [-0.1, -0.05) is 5.92 Å². The van der Waals surface area contributed by atoms with E-state index in [4.69, 9.17) is 4.42 Å². The molecule has 1 aliphatic carbocycles. The molecule has 2 N–H and O–H groups in total. The van der Waals surface area contributed by atoms with Gasteiger partial charge in [-0.3, -0.25) is 4.79 Å². The van der Waals surface area contributed by atoms with E-state index in [1.54, 1.807) is 25.5 Å². The van der Waals surface area contributed by atoms with Crippen LogP contribution in [0.1, 0.15) is 35.8 Å². The Labute approximate surface area is 128 Å². The second-order valence-electron chi connectivity index (χ2n) is 6.02. The molecule has 3 atom stereocenters. The maximum atomic E-state index is 12.4. The van der Waals surface area contributed by atoms with Gasteiger partial charge < -0.3 is 15.1 Å². The highest BCUT2D eigenvalue weighted by Gasteiger charge is 2.40. The summed E-state index contributed by atoms with van der Waals surface area (Å²) in [6.45, 7) is 2.85. The van der Waals surface area contributed by atoms with E-state index < -0.39 is 0 Å². The minimum atomic E-state index is -0.127. The quantitative estimate of drug-likeness (QED) is 0.827. The van der Waals surface area contributed by atoms with E-state index >= 15 is 0 Å². The van der Waals surface area contributed by atoms with E-state index in [1.165, 1.54) is 0 Å². The molecule has 1 saturated carbocycles. The highest BCUT2D eigenvalue weighted by Crippen LogP contribution is 2.31. The molecule has 2 aliphatic rings. The first kappa shape index (κ1) is 13.4. The normalized spacial score (nSPS) is 26.0. The van der Waals surface area contributed by atoms with Gasteiger partial charge in [-0.2, -0.15) is 0 Å². The fourth-order valence-electron chi connectivity index (χ4n) is 3.54. The first-order valence-corrected chi connectivity index (χ1v) is 7.59. The van der Waals surface area contributed by atoms with Crippen molar-refractivity contribution in [2.24, 2.45) is 5.92 Å². The van der Waals surface area contributed by atoms with Gasteiger partial charge in [0.2, 0.25) is 0 Å². The standard InChI is InChI=1S/C17H17N3O2/c1-2-3-11-9-22-16-8-19-15(6-12(11)16)17(21)20-14-5-10-4-13(14)18-7-10/h6,8-10,13-14,18H,4-5,7H2,1H3,(H,20,21). The number of aromatic nitrogens is 1. The molecule has 2 aromatic rings. The number of fused-ring (bicyclic) bond motifs is 3. The summed E-state index contributed by atoms with van der Waals surface area (Å²) in [7, 11) is 0. The number of carbonyl (C=O) groups excluding carboxylic acids is 1. The van der Waals surface area contributed by atoms with Crippen molar-refractivity contribution in [1.82, 2.24) is 15.6 Å². The predicted octanol–water partition coefficient (Wildman–Crippen LogP) is 1.68. The Kier molecular flexibility index (Phi) is 3.12. The van der Waals surface area contributed by atoms with Crippen LogP contribution in [0.3, 0.4) is 0 Å². The van der Waals surface area contributed by atoms with Crippen molar-refractivity contribution in [1.29, 1.82) is 0 Å². The lowest BCUT2D eigenvalue weighted by Crippen LogP contribution is -2.48. The maximum absolute atomic E-state index is 12.4. The summed E-state index contributed by atoms with van der Waals surface area (Å²) >= 11 is 0. The summed E-state index contributed by atoms with van der Waals surface area (Å²) in [5, 5.41) is 7.38. The Morgan fingerprint density at radius 3 is 3.14 bits per heavy atom. The summed E-state index contributed by atoms with van der Waals surface area (Å²) in [5.41, 5.74) is 1.85. The molecule has 1 amide bonds. The van der Waals surface area contributed by atoms with Crippen molar-refractivity contribution in [2.45, 2.75) is 31.8 Å². The number of hydrogen-bond acceptors (Lipinski definition) is 4. The second kappa shape index (κ2) is 5.15. The lowest BCUT2D eigenvalue weighted by atomic mass is 10.1. The molecule has 1 aliphatic heterocycles. The molecule has 0 radical (unpaired) electrons. The topological polar surface area (TPSA) is 67.2 Å². The molecule has 5 nitrogen and oxygen atoms in total. The first-order valence-electron chi connectivity index (χ1n) is 7.59. The average molecular weight is 295 g/mol. The zero-order valence-corrected chi connectivity index (χ0v) is 12.3. The van der Waals surface area contributed by atoms with Crippen molar-refractivity contribution >= 4 is 16.9 Å². The summed E-state index contributed by atoms with van der Waals surface area (Å²) < 4.78 is 5.40. The lowest BCUT2D eigenvalue weighted by molar-refractivity contribution is 0.0923. The number of carbonyl (C=O) groups is 1. The van der Waals surface area contributed by atoms with Crippen molar-refractivity contribution in [3.63, 3.8) is 0 Å². The SMILES string of the molecule is CC#Cc1coc2cnc(C(=O)NC3CC4CNC3C4)cc12. The average Bonchev–Trinajstić information content (AvgIpc) is 3.23. The molecule has 112 valence electrons. The smallest absolute Gasteiger partial charge is 0.270 e. The van der Waals surface area contributed by atoms with Crippen molar-refractivity contribution < 1.29 is 9.21 Å². The number of amides is 1. The number of hydrogen-bond donors (Lipinski definition) is 2. The third kappa shape index (κ3) is 2.16. The minimum Gasteiger partial charge on any atom is -0.461 e. The Balaban J connectivity index is 1.58. The molecule has 4 rings (SSSR count). The van der Waals surface area contributed by atoms with Gasteiger partial charge >= 0.3 is 0 Å². The Morgan fingerprint density at radius 1 is 1.50 bits per heavy atom. The van der Waals surface area contributed by atoms with Gasteiger partial charge in [0.25, 0.3) is 5.91 Å². The van der Waals surface area contributed by atoms with Gasteiger partial charge in [0, 0.05) is 17.5 Å². The Morgan fingerprint density at radius 2 is 2.41 bits per heavy atom. The van der Waals surface area contributed by atoms with Crippen LogP contribution in [0.4, 0.5) is 0 Å². The van der Waals surface area contributed by atoms with Crippen LogP contribution < -0.4 is 10.6 Å². The molecular weight excluding hydrogens is 278 g/mol. The molecule has 3 unspecified atom stereocenters. The largest absolute Gasteiger partial charge is 0.461 e. The molecule has 2 bridgehead atoms. The molecule has 3 heterocycles. The van der Waals surface area contributed by atoms with Gasteiger partial charge in [-0.05, 0) is 38.3 Å². The number of furan rings is 1. The fourth-order valence-corrected chi connectivity index (χ4v) is 3.54. The zero-order chi connectivity index (χ0) is 15.1. The maximum Gasteiger partial charge on any atom is 0.270 e. The molecule has 5 heteroatoms. The van der Waals surface area contributed by atoms with Crippen molar-refractivity contribution in [3.05, 3.63) is 29.8 Å². The summed E-state index contributed by atoms with van der Waals surface area (Å²) in [5.74, 6) is 6.40. The summed E-state index contributed by atoms with van der Waals surface area (Å²) in [6.07, 6.45) is 5.41. The van der Waals surface area contributed by atoms with Crippen LogP contribution in [-0.4, -0.2) is 29.5 Å². The monoisotopic (exact) mass is 295 g/mol. The van der Waals surface area contributed by atoms with Crippen molar-refractivity contribution in [3.8, 4) is 11.8 Å². The van der Waals surface area contributed by atoms with E-state index in [-0.39, 0.29) is 11.9 Å². The molecular formula is C17H17N3O2. The number of rotatable bonds is 2. The number of pyridine rings is 1. The molecule has 2 aromatic heterocycles. The van der Waals surface area contributed by atoms with Gasteiger partial charge in [0.05, 0.1) is 11.8 Å².